The number of ether oxygens (including phenoxy) is 3. The molecule has 0 aliphatic carbocycles. The number of methoxy groups -OCH3 is 2. The third kappa shape index (κ3) is 9.95. The maximum Gasteiger partial charge on any atom is 0.407 e. The fourth-order valence-corrected chi connectivity index (χ4v) is 10.0. The first-order chi connectivity index (χ1) is 29.9. The lowest BCUT2D eigenvalue weighted by molar-refractivity contribution is -0.138. The van der Waals surface area contributed by atoms with E-state index in [0.29, 0.717) is 37.2 Å². The highest BCUT2D eigenvalue weighted by atomic mass is 32.2. The molecule has 15 nitrogen and oxygen atoms in total. The smallest absolute Gasteiger partial charge is 0.407 e. The van der Waals surface area contributed by atoms with Crippen LogP contribution in [-0.2, 0) is 23.8 Å². The van der Waals surface area contributed by atoms with Crippen LogP contribution in [0.2, 0.25) is 0 Å². The summed E-state index contributed by atoms with van der Waals surface area (Å²) in [6, 6.07) is 13.9. The molecule has 62 heavy (non-hydrogen) atoms. The monoisotopic (exact) mass is 864 g/mol. The predicted octanol–water partition coefficient (Wildman–Crippen LogP) is 6.66. The average molecular weight is 865 g/mol. The number of nitrogens with one attached hydrogen (secondary N) is 4. The van der Waals surface area contributed by atoms with E-state index in [4.69, 9.17) is 19.2 Å². The predicted molar refractivity (Wildman–Crippen MR) is 235 cm³/mol. The molecule has 2 aromatic carbocycles. The summed E-state index contributed by atoms with van der Waals surface area (Å²) in [4.78, 5) is 72.2. The first-order valence-electron chi connectivity index (χ1n) is 21.3. The van der Waals surface area contributed by atoms with E-state index in [9.17, 15) is 19.2 Å². The van der Waals surface area contributed by atoms with Gasteiger partial charge in [-0.3, -0.25) is 9.59 Å². The van der Waals surface area contributed by atoms with Crippen molar-refractivity contribution >= 4 is 35.8 Å². The van der Waals surface area contributed by atoms with E-state index in [2.05, 4.69) is 37.4 Å². The fourth-order valence-electron chi connectivity index (χ4n) is 8.35. The number of carbonyl (C=O) groups is 4. The number of amides is 4. The average Bonchev–Trinajstić information content (AvgIpc) is 4.13. The molecule has 3 aliphatic heterocycles. The highest BCUT2D eigenvalue weighted by Crippen LogP contribution is 2.44. The molecule has 0 spiro atoms. The molecule has 7 rings (SSSR count). The Bertz CT molecular complexity index is 2260. The summed E-state index contributed by atoms with van der Waals surface area (Å²) in [6.45, 7) is 9.55. The minimum Gasteiger partial charge on any atom is -0.453 e. The van der Waals surface area contributed by atoms with Gasteiger partial charge in [0.15, 0.2) is 0 Å². The zero-order valence-corrected chi connectivity index (χ0v) is 36.9. The van der Waals surface area contributed by atoms with E-state index in [0.717, 1.165) is 59.3 Å². The second-order valence-electron chi connectivity index (χ2n) is 16.6. The lowest BCUT2D eigenvalue weighted by Gasteiger charge is -2.38. The molecule has 1 unspecified atom stereocenters. The quantitative estimate of drug-likeness (QED) is 0.119. The number of hydrogen-bond acceptors (Lipinski definition) is 10. The largest absolute Gasteiger partial charge is 0.453 e. The number of rotatable bonds is 11. The van der Waals surface area contributed by atoms with Crippen LogP contribution in [0.25, 0.3) is 22.5 Å². The third-order valence-corrected chi connectivity index (χ3v) is 13.3. The van der Waals surface area contributed by atoms with Gasteiger partial charge in [-0.25, -0.2) is 19.6 Å². The standard InChI is InChI=1S/C46H56N8O7S/c1-27(2)38(51-45(57)59-5)42(55)53-21-7-8-36(53)40-47-24-34(49-40)31-15-11-29(12-16-31)9-10-30-13-17-32(18-14-30)35-25-48-41(50-35)37-26-62-44(33-19-22-61-23-20-33)54(37)43(56)39(28(3)4)52-46(58)60-6/h11-18,24-25,27-28,33,36-39,44H,7-8,19-23,26H2,1-6H3,(H,47,49)(H,48,50)(H,51,57)(H,52,58)/t36-,37-,38-,39-,44?/m0/s1. The minimum absolute atomic E-state index is 0.0625. The summed E-state index contributed by atoms with van der Waals surface area (Å²) in [6.07, 6.45) is 5.68. The van der Waals surface area contributed by atoms with Gasteiger partial charge in [0, 0.05) is 36.6 Å². The molecule has 0 saturated carbocycles. The number of imidazole rings is 2. The molecule has 5 atom stereocenters. The summed E-state index contributed by atoms with van der Waals surface area (Å²) in [5.74, 6) is 8.36. The van der Waals surface area contributed by atoms with E-state index >= 15 is 0 Å². The summed E-state index contributed by atoms with van der Waals surface area (Å²) >= 11 is 1.76. The van der Waals surface area contributed by atoms with Gasteiger partial charge in [-0.15, -0.1) is 11.8 Å². The molecule has 3 saturated heterocycles. The first kappa shape index (κ1) is 44.3. The highest BCUT2D eigenvalue weighted by molar-refractivity contribution is 8.00. The Morgan fingerprint density at radius 3 is 1.74 bits per heavy atom. The summed E-state index contributed by atoms with van der Waals surface area (Å²) in [7, 11) is 2.59. The van der Waals surface area contributed by atoms with Crippen LogP contribution >= 0.6 is 11.8 Å². The Hall–Kier alpha value is -5.79. The number of alkyl carbamates (subject to hydrolysis) is 2. The number of benzene rings is 2. The maximum atomic E-state index is 14.3. The zero-order chi connectivity index (χ0) is 43.9. The lowest BCUT2D eigenvalue weighted by atomic mass is 9.96. The van der Waals surface area contributed by atoms with Crippen LogP contribution in [-0.4, -0.2) is 111 Å². The van der Waals surface area contributed by atoms with Gasteiger partial charge in [0.05, 0.1) is 49.4 Å². The fraction of sp³-hybridized carbons (Fsp3) is 0.478. The lowest BCUT2D eigenvalue weighted by Crippen LogP contribution is -2.54. The van der Waals surface area contributed by atoms with Crippen molar-refractivity contribution in [2.75, 3.05) is 39.7 Å². The normalized spacial score (nSPS) is 20.1. The van der Waals surface area contributed by atoms with Gasteiger partial charge >= 0.3 is 12.2 Å². The highest BCUT2D eigenvalue weighted by Gasteiger charge is 2.46. The SMILES string of the molecule is COC(=O)N[C@H](C(=O)N1CCC[C@H]1c1ncc(-c2ccc(C#Cc3ccc(-c4cnc([C@@H]5CSC(C6CCOCC6)N5C(=O)[C@@H](NC(=O)OC)C(C)C)[nH]4)cc3)cc2)[nH]1)C(C)C. The molecular formula is C46H56N8O7S. The molecular weight excluding hydrogens is 809 g/mol. The van der Waals surface area contributed by atoms with Crippen LogP contribution in [0, 0.1) is 29.6 Å². The van der Waals surface area contributed by atoms with Gasteiger partial charge in [-0.2, -0.15) is 0 Å². The Balaban J connectivity index is 1.00. The molecule has 16 heteroatoms. The van der Waals surface area contributed by atoms with Crippen molar-refractivity contribution in [1.82, 2.24) is 40.4 Å². The van der Waals surface area contributed by atoms with Gasteiger partial charge in [0.2, 0.25) is 11.8 Å². The van der Waals surface area contributed by atoms with Crippen molar-refractivity contribution in [2.24, 2.45) is 17.8 Å². The van der Waals surface area contributed by atoms with Crippen molar-refractivity contribution in [2.45, 2.75) is 82.9 Å². The molecule has 2 aromatic heterocycles. The van der Waals surface area contributed by atoms with E-state index in [1.165, 1.54) is 14.2 Å². The number of H-pyrrole nitrogens is 2. The second kappa shape index (κ2) is 19.9. The topological polar surface area (TPSA) is 184 Å². The number of aromatic amines is 2. The van der Waals surface area contributed by atoms with Crippen molar-refractivity contribution in [1.29, 1.82) is 0 Å². The Labute approximate surface area is 366 Å². The maximum absolute atomic E-state index is 14.3. The number of likely N-dealkylation sites (tertiary alicyclic amines) is 1. The van der Waals surface area contributed by atoms with E-state index in [-0.39, 0.29) is 47.0 Å². The molecule has 3 fully saturated rings. The van der Waals surface area contributed by atoms with E-state index in [1.807, 2.05) is 81.1 Å². The van der Waals surface area contributed by atoms with Crippen molar-refractivity contribution in [3.8, 4) is 34.4 Å². The molecule has 0 bridgehead atoms. The van der Waals surface area contributed by atoms with Crippen molar-refractivity contribution in [3.05, 3.63) is 83.7 Å². The Morgan fingerprint density at radius 2 is 1.24 bits per heavy atom. The molecule has 3 aliphatic rings. The van der Waals surface area contributed by atoms with Crippen molar-refractivity contribution < 1.29 is 33.4 Å². The number of carbonyl (C=O) groups excluding carboxylic acids is 4. The number of nitrogens with zero attached hydrogens (tertiary/aromatic N) is 4. The number of aromatic nitrogens is 4. The van der Waals surface area contributed by atoms with Crippen LogP contribution in [0.1, 0.15) is 88.2 Å². The number of hydrogen-bond donors (Lipinski definition) is 4. The summed E-state index contributed by atoms with van der Waals surface area (Å²) in [5.41, 5.74) is 5.27. The summed E-state index contributed by atoms with van der Waals surface area (Å²) in [5, 5.41) is 5.40. The zero-order valence-electron chi connectivity index (χ0n) is 36.1. The molecule has 0 radical (unpaired) electrons. The van der Waals surface area contributed by atoms with Gasteiger partial charge in [0.1, 0.15) is 29.8 Å². The molecule has 4 N–H and O–H groups in total. The molecule has 4 amide bonds. The number of thioether (sulfide) groups is 1. The Morgan fingerprint density at radius 1 is 0.742 bits per heavy atom. The van der Waals surface area contributed by atoms with Gasteiger partial charge in [0.25, 0.3) is 0 Å². The molecule has 328 valence electrons. The molecule has 5 heterocycles. The van der Waals surface area contributed by atoms with Gasteiger partial charge < -0.3 is 44.6 Å². The van der Waals surface area contributed by atoms with Crippen LogP contribution in [0.5, 0.6) is 0 Å². The molecule has 4 aromatic rings. The van der Waals surface area contributed by atoms with Crippen LogP contribution in [0.4, 0.5) is 9.59 Å². The van der Waals surface area contributed by atoms with Crippen LogP contribution < -0.4 is 10.6 Å². The van der Waals surface area contributed by atoms with E-state index in [1.54, 1.807) is 29.1 Å². The second-order valence-corrected chi connectivity index (χ2v) is 17.8. The minimum atomic E-state index is -0.742. The summed E-state index contributed by atoms with van der Waals surface area (Å²) < 4.78 is 15.3. The van der Waals surface area contributed by atoms with Crippen LogP contribution in [0.3, 0.4) is 0 Å². The third-order valence-electron chi connectivity index (χ3n) is 11.8. The Kier molecular flexibility index (Phi) is 14.2. The van der Waals surface area contributed by atoms with E-state index < -0.39 is 24.3 Å². The van der Waals surface area contributed by atoms with Crippen LogP contribution in [0.15, 0.2) is 60.9 Å². The van der Waals surface area contributed by atoms with Gasteiger partial charge in [-0.1, -0.05) is 63.8 Å². The van der Waals surface area contributed by atoms with Gasteiger partial charge in [-0.05, 0) is 78.8 Å². The van der Waals surface area contributed by atoms with Crippen molar-refractivity contribution in [3.63, 3.8) is 0 Å². The first-order valence-corrected chi connectivity index (χ1v) is 22.3.